The Hall–Kier alpha value is -2.14. The van der Waals surface area contributed by atoms with E-state index in [0.717, 1.165) is 42.5 Å². The highest BCUT2D eigenvalue weighted by molar-refractivity contribution is 5.93. The SMILES string of the molecule is O=C(Nc1cccc(-c2cnn(C3CC3)c2)c1)C1CCC(O)CC1. The maximum atomic E-state index is 12.4. The normalized spacial score (nSPS) is 23.9. The Kier molecular flexibility index (Phi) is 4.10. The fourth-order valence-electron chi connectivity index (χ4n) is 3.38. The third-order valence-electron chi connectivity index (χ3n) is 5.05. The van der Waals surface area contributed by atoms with E-state index >= 15 is 0 Å². The van der Waals surface area contributed by atoms with Crippen LogP contribution < -0.4 is 5.32 Å². The zero-order valence-corrected chi connectivity index (χ0v) is 13.7. The minimum atomic E-state index is -0.236. The van der Waals surface area contributed by atoms with Gasteiger partial charge in [0.1, 0.15) is 0 Å². The summed E-state index contributed by atoms with van der Waals surface area (Å²) in [6.45, 7) is 0. The predicted molar refractivity (Wildman–Crippen MR) is 92.5 cm³/mol. The van der Waals surface area contributed by atoms with Crippen molar-refractivity contribution < 1.29 is 9.90 Å². The second-order valence-corrected chi connectivity index (χ2v) is 7.02. The van der Waals surface area contributed by atoms with Gasteiger partial charge in [-0.2, -0.15) is 5.10 Å². The molecule has 0 aliphatic heterocycles. The summed E-state index contributed by atoms with van der Waals surface area (Å²) in [7, 11) is 0. The quantitative estimate of drug-likeness (QED) is 0.905. The van der Waals surface area contributed by atoms with Crippen LogP contribution in [0.25, 0.3) is 11.1 Å². The predicted octanol–water partition coefficient (Wildman–Crippen LogP) is 3.37. The number of aliphatic hydroxyl groups excluding tert-OH is 1. The molecule has 1 amide bonds. The van der Waals surface area contributed by atoms with Gasteiger partial charge in [-0.1, -0.05) is 12.1 Å². The summed E-state index contributed by atoms with van der Waals surface area (Å²) in [6, 6.07) is 8.50. The first-order chi connectivity index (χ1) is 11.7. The van der Waals surface area contributed by atoms with Crippen LogP contribution >= 0.6 is 0 Å². The maximum absolute atomic E-state index is 12.4. The summed E-state index contributed by atoms with van der Waals surface area (Å²) < 4.78 is 2.04. The summed E-state index contributed by atoms with van der Waals surface area (Å²) in [5.41, 5.74) is 2.97. The first kappa shape index (κ1) is 15.4. The number of amides is 1. The van der Waals surface area contributed by atoms with E-state index < -0.39 is 0 Å². The van der Waals surface area contributed by atoms with Crippen LogP contribution in [0.3, 0.4) is 0 Å². The Morgan fingerprint density at radius 2 is 1.92 bits per heavy atom. The maximum Gasteiger partial charge on any atom is 0.227 e. The molecule has 2 aliphatic rings. The van der Waals surface area contributed by atoms with Crippen LogP contribution in [0.4, 0.5) is 5.69 Å². The van der Waals surface area contributed by atoms with E-state index in [1.807, 2.05) is 35.1 Å². The molecule has 126 valence electrons. The van der Waals surface area contributed by atoms with Crippen molar-refractivity contribution in [2.45, 2.75) is 50.7 Å². The summed E-state index contributed by atoms with van der Waals surface area (Å²) in [4.78, 5) is 12.4. The monoisotopic (exact) mass is 325 g/mol. The van der Waals surface area contributed by atoms with E-state index in [0.29, 0.717) is 6.04 Å². The molecule has 0 saturated heterocycles. The first-order valence-corrected chi connectivity index (χ1v) is 8.82. The Balaban J connectivity index is 1.44. The van der Waals surface area contributed by atoms with E-state index in [9.17, 15) is 9.90 Å². The molecule has 24 heavy (non-hydrogen) atoms. The minimum Gasteiger partial charge on any atom is -0.393 e. The molecule has 4 rings (SSSR count). The zero-order valence-electron chi connectivity index (χ0n) is 13.7. The summed E-state index contributed by atoms with van der Waals surface area (Å²) in [6.07, 6.45) is 9.14. The van der Waals surface area contributed by atoms with Gasteiger partial charge in [-0.15, -0.1) is 0 Å². The Labute approximate surface area is 141 Å². The topological polar surface area (TPSA) is 67.2 Å². The van der Waals surface area contributed by atoms with E-state index in [2.05, 4.69) is 16.6 Å². The van der Waals surface area contributed by atoms with Crippen molar-refractivity contribution in [3.05, 3.63) is 36.7 Å². The molecule has 5 nitrogen and oxygen atoms in total. The second-order valence-electron chi connectivity index (χ2n) is 7.02. The van der Waals surface area contributed by atoms with Gasteiger partial charge in [0.2, 0.25) is 5.91 Å². The Morgan fingerprint density at radius 3 is 2.67 bits per heavy atom. The van der Waals surface area contributed by atoms with Crippen LogP contribution in [0.1, 0.15) is 44.6 Å². The fourth-order valence-corrected chi connectivity index (χ4v) is 3.38. The molecule has 1 aromatic carbocycles. The van der Waals surface area contributed by atoms with Crippen LogP contribution in [0.2, 0.25) is 0 Å². The van der Waals surface area contributed by atoms with Gasteiger partial charge in [0.25, 0.3) is 0 Å². The summed E-state index contributed by atoms with van der Waals surface area (Å²) >= 11 is 0. The van der Waals surface area contributed by atoms with Crippen LogP contribution in [0.5, 0.6) is 0 Å². The third kappa shape index (κ3) is 3.36. The van der Waals surface area contributed by atoms with Gasteiger partial charge in [-0.3, -0.25) is 9.48 Å². The number of aromatic nitrogens is 2. The minimum absolute atomic E-state index is 0.00896. The average Bonchev–Trinajstić information content (AvgIpc) is 3.33. The fraction of sp³-hybridized carbons (Fsp3) is 0.474. The van der Waals surface area contributed by atoms with Crippen LogP contribution in [-0.2, 0) is 4.79 Å². The molecule has 0 unspecified atom stereocenters. The Bertz CT molecular complexity index is 728. The molecule has 2 fully saturated rings. The number of anilines is 1. The van der Waals surface area contributed by atoms with Gasteiger partial charge in [0.05, 0.1) is 18.3 Å². The zero-order chi connectivity index (χ0) is 16.5. The van der Waals surface area contributed by atoms with Crippen molar-refractivity contribution in [1.82, 2.24) is 9.78 Å². The van der Waals surface area contributed by atoms with Crippen molar-refractivity contribution in [3.63, 3.8) is 0 Å². The molecular formula is C19H23N3O2. The number of aliphatic hydroxyl groups is 1. The van der Waals surface area contributed by atoms with E-state index in [1.54, 1.807) is 0 Å². The molecule has 2 saturated carbocycles. The molecule has 5 heteroatoms. The van der Waals surface area contributed by atoms with Gasteiger partial charge in [-0.05, 0) is 56.2 Å². The summed E-state index contributed by atoms with van der Waals surface area (Å²) in [5.74, 6) is 0.0717. The molecular weight excluding hydrogens is 302 g/mol. The molecule has 0 bridgehead atoms. The van der Waals surface area contributed by atoms with Gasteiger partial charge in [0.15, 0.2) is 0 Å². The van der Waals surface area contributed by atoms with Crippen LogP contribution in [-0.4, -0.2) is 26.9 Å². The number of carbonyl (C=O) groups excluding carboxylic acids is 1. The molecule has 0 spiro atoms. The number of benzene rings is 1. The highest BCUT2D eigenvalue weighted by Gasteiger charge is 2.26. The lowest BCUT2D eigenvalue weighted by Gasteiger charge is -2.24. The number of nitrogens with one attached hydrogen (secondary N) is 1. The molecule has 0 radical (unpaired) electrons. The number of hydrogen-bond acceptors (Lipinski definition) is 3. The highest BCUT2D eigenvalue weighted by Crippen LogP contribution is 2.35. The van der Waals surface area contributed by atoms with Crippen molar-refractivity contribution in [1.29, 1.82) is 0 Å². The molecule has 2 aromatic rings. The number of carbonyl (C=O) groups is 1. The van der Waals surface area contributed by atoms with Crippen molar-refractivity contribution in [2.75, 3.05) is 5.32 Å². The smallest absolute Gasteiger partial charge is 0.227 e. The molecule has 0 atom stereocenters. The average molecular weight is 325 g/mol. The second kappa shape index (κ2) is 6.40. The van der Waals surface area contributed by atoms with Gasteiger partial charge < -0.3 is 10.4 Å². The van der Waals surface area contributed by atoms with E-state index in [-0.39, 0.29) is 17.9 Å². The van der Waals surface area contributed by atoms with Crippen LogP contribution in [0.15, 0.2) is 36.7 Å². The lowest BCUT2D eigenvalue weighted by Crippen LogP contribution is -2.28. The van der Waals surface area contributed by atoms with Crippen LogP contribution in [0, 0.1) is 5.92 Å². The van der Waals surface area contributed by atoms with Crippen molar-refractivity contribution in [3.8, 4) is 11.1 Å². The largest absolute Gasteiger partial charge is 0.393 e. The molecule has 1 aromatic heterocycles. The molecule has 1 heterocycles. The van der Waals surface area contributed by atoms with Gasteiger partial charge in [0, 0.05) is 23.4 Å². The number of hydrogen-bond donors (Lipinski definition) is 2. The van der Waals surface area contributed by atoms with Crippen molar-refractivity contribution >= 4 is 11.6 Å². The van der Waals surface area contributed by atoms with Gasteiger partial charge in [-0.25, -0.2) is 0 Å². The number of nitrogens with zero attached hydrogens (tertiary/aromatic N) is 2. The lowest BCUT2D eigenvalue weighted by atomic mass is 9.87. The molecule has 2 aliphatic carbocycles. The van der Waals surface area contributed by atoms with E-state index in [4.69, 9.17) is 0 Å². The summed E-state index contributed by atoms with van der Waals surface area (Å²) in [5, 5.41) is 17.0. The van der Waals surface area contributed by atoms with Crippen molar-refractivity contribution in [2.24, 2.45) is 5.92 Å². The van der Waals surface area contributed by atoms with Gasteiger partial charge >= 0.3 is 0 Å². The number of rotatable bonds is 4. The van der Waals surface area contributed by atoms with E-state index in [1.165, 1.54) is 12.8 Å². The third-order valence-corrected chi connectivity index (χ3v) is 5.05. The molecule has 2 N–H and O–H groups in total. The highest BCUT2D eigenvalue weighted by atomic mass is 16.3. The lowest BCUT2D eigenvalue weighted by molar-refractivity contribution is -0.121. The first-order valence-electron chi connectivity index (χ1n) is 8.82. The standard InChI is InChI=1S/C19H23N3O2/c23-18-8-4-13(5-9-18)19(24)21-16-3-1-2-14(10-16)15-11-20-22(12-15)17-6-7-17/h1-3,10-13,17-18,23H,4-9H2,(H,21,24). The Morgan fingerprint density at radius 1 is 1.12 bits per heavy atom.